The maximum Gasteiger partial charge on any atom is 0.356 e. The van der Waals surface area contributed by atoms with E-state index < -0.39 is 36.9 Å². The molecule has 0 saturated heterocycles. The average molecular weight is 395 g/mol. The van der Waals surface area contributed by atoms with E-state index in [0.29, 0.717) is 24.7 Å². The van der Waals surface area contributed by atoms with E-state index in [1.54, 1.807) is 6.92 Å². The Morgan fingerprint density at radius 1 is 0.926 bits per heavy atom. The summed E-state index contributed by atoms with van der Waals surface area (Å²) in [6.07, 6.45) is 0.0301. The third-order valence-corrected chi connectivity index (χ3v) is 6.86. The van der Waals surface area contributed by atoms with E-state index in [4.69, 9.17) is 4.74 Å². The van der Waals surface area contributed by atoms with Crippen molar-refractivity contribution in [2.45, 2.75) is 116 Å². The normalized spacial score (nSPS) is 36.6. The highest BCUT2D eigenvalue weighted by atomic mass is 19.3. The van der Waals surface area contributed by atoms with Crippen LogP contribution >= 0.6 is 0 Å². The van der Waals surface area contributed by atoms with E-state index in [0.717, 1.165) is 25.2 Å². The monoisotopic (exact) mass is 394 g/mol. The highest BCUT2D eigenvalue weighted by Gasteiger charge is 2.44. The summed E-state index contributed by atoms with van der Waals surface area (Å²) in [5.41, 5.74) is 0. The maximum atomic E-state index is 14.2. The van der Waals surface area contributed by atoms with Gasteiger partial charge in [-0.15, -0.1) is 0 Å². The van der Waals surface area contributed by atoms with Gasteiger partial charge in [0.05, 0.1) is 6.10 Å². The lowest BCUT2D eigenvalue weighted by Crippen LogP contribution is -2.45. The van der Waals surface area contributed by atoms with Crippen LogP contribution in [0.15, 0.2) is 0 Å². The van der Waals surface area contributed by atoms with Crippen molar-refractivity contribution in [3.63, 3.8) is 0 Å². The Morgan fingerprint density at radius 2 is 1.59 bits per heavy atom. The molecule has 5 atom stereocenters. The fourth-order valence-electron chi connectivity index (χ4n) is 4.98. The number of hydrogen-bond donors (Lipinski definition) is 0. The van der Waals surface area contributed by atoms with Gasteiger partial charge in [0.1, 0.15) is 6.17 Å². The molecule has 0 bridgehead atoms. The average Bonchev–Trinajstić information content (AvgIpc) is 2.62. The molecule has 0 N–H and O–H groups in total. The molecule has 160 valence electrons. The number of ether oxygens (including phenoxy) is 1. The van der Waals surface area contributed by atoms with E-state index in [1.165, 1.54) is 25.7 Å². The summed E-state index contributed by atoms with van der Waals surface area (Å²) in [6, 6.07) is 0. The van der Waals surface area contributed by atoms with Crippen molar-refractivity contribution in [3.8, 4) is 0 Å². The van der Waals surface area contributed by atoms with Crippen molar-refractivity contribution >= 4 is 0 Å². The summed E-state index contributed by atoms with van der Waals surface area (Å²) in [4.78, 5) is 0. The zero-order valence-corrected chi connectivity index (χ0v) is 17.2. The zero-order chi connectivity index (χ0) is 20.0. The largest absolute Gasteiger partial charge is 0.356 e. The van der Waals surface area contributed by atoms with Gasteiger partial charge < -0.3 is 4.74 Å². The number of halogens is 4. The van der Waals surface area contributed by atoms with Crippen LogP contribution in [0.3, 0.4) is 0 Å². The van der Waals surface area contributed by atoms with E-state index in [-0.39, 0.29) is 6.42 Å². The quantitative estimate of drug-likeness (QED) is 0.368. The standard InChI is InChI=1S/C22H38F4O/c1-4-6-17(18-11-8-15(2)9-12-18)7-5-14-22(25,26)27-19-13-10-16(3)20(23)21(19)24/h15-21H,4-14H2,1-3H3. The Morgan fingerprint density at radius 3 is 2.22 bits per heavy atom. The van der Waals surface area contributed by atoms with Crippen LogP contribution in [0, 0.1) is 23.7 Å². The summed E-state index contributed by atoms with van der Waals surface area (Å²) >= 11 is 0. The SMILES string of the molecule is CCCC(CCCC(F)(F)OC1CCC(C)C(F)C1F)C1CCC(C)CC1. The first-order valence-electron chi connectivity index (χ1n) is 11.1. The first-order valence-corrected chi connectivity index (χ1v) is 11.1. The Balaban J connectivity index is 1.79. The number of alkyl halides is 4. The van der Waals surface area contributed by atoms with Gasteiger partial charge in [-0.3, -0.25) is 0 Å². The second-order valence-electron chi connectivity index (χ2n) is 9.20. The Hall–Kier alpha value is -0.320. The predicted octanol–water partition coefficient (Wildman–Crippen LogP) is 7.48. The summed E-state index contributed by atoms with van der Waals surface area (Å²) in [7, 11) is 0. The maximum absolute atomic E-state index is 14.2. The highest BCUT2D eigenvalue weighted by molar-refractivity contribution is 4.88. The molecule has 2 aliphatic rings. The van der Waals surface area contributed by atoms with Gasteiger partial charge >= 0.3 is 6.11 Å². The predicted molar refractivity (Wildman–Crippen MR) is 101 cm³/mol. The topological polar surface area (TPSA) is 9.23 Å². The number of rotatable bonds is 9. The molecular weight excluding hydrogens is 356 g/mol. The summed E-state index contributed by atoms with van der Waals surface area (Å²) in [5.74, 6) is 1.50. The van der Waals surface area contributed by atoms with Crippen molar-refractivity contribution in [1.82, 2.24) is 0 Å². The van der Waals surface area contributed by atoms with E-state index in [1.807, 2.05) is 0 Å². The van der Waals surface area contributed by atoms with Crippen molar-refractivity contribution in [1.29, 1.82) is 0 Å². The van der Waals surface area contributed by atoms with Gasteiger partial charge in [-0.05, 0) is 62.2 Å². The molecule has 0 aromatic carbocycles. The molecule has 0 heterocycles. The molecule has 0 aromatic heterocycles. The first-order chi connectivity index (χ1) is 12.7. The van der Waals surface area contributed by atoms with Gasteiger partial charge in [0.15, 0.2) is 6.17 Å². The molecule has 0 amide bonds. The van der Waals surface area contributed by atoms with Crippen LogP contribution in [0.2, 0.25) is 0 Å². The van der Waals surface area contributed by atoms with Crippen molar-refractivity contribution in [3.05, 3.63) is 0 Å². The van der Waals surface area contributed by atoms with E-state index in [9.17, 15) is 17.6 Å². The third kappa shape index (κ3) is 6.90. The van der Waals surface area contributed by atoms with Crippen LogP contribution in [-0.4, -0.2) is 24.6 Å². The first kappa shape index (κ1) is 23.0. The van der Waals surface area contributed by atoms with Crippen LogP contribution < -0.4 is 0 Å². The minimum Gasteiger partial charge on any atom is -0.314 e. The van der Waals surface area contributed by atoms with Gasteiger partial charge in [-0.1, -0.05) is 46.5 Å². The Bertz CT molecular complexity index is 423. The number of hydrogen-bond acceptors (Lipinski definition) is 1. The fourth-order valence-corrected chi connectivity index (χ4v) is 4.98. The molecule has 27 heavy (non-hydrogen) atoms. The molecule has 1 nitrogen and oxygen atoms in total. The van der Waals surface area contributed by atoms with Crippen LogP contribution in [0.1, 0.15) is 91.4 Å². The summed E-state index contributed by atoms with van der Waals surface area (Å²) in [6.45, 7) is 6.05. The summed E-state index contributed by atoms with van der Waals surface area (Å²) < 4.78 is 61.0. The molecule has 0 aliphatic heterocycles. The smallest absolute Gasteiger partial charge is 0.314 e. The minimum atomic E-state index is -3.37. The van der Waals surface area contributed by atoms with Gasteiger partial charge in [0, 0.05) is 6.42 Å². The van der Waals surface area contributed by atoms with Gasteiger partial charge in [0.25, 0.3) is 0 Å². The van der Waals surface area contributed by atoms with Crippen LogP contribution in [0.4, 0.5) is 17.6 Å². The van der Waals surface area contributed by atoms with E-state index in [2.05, 4.69) is 13.8 Å². The van der Waals surface area contributed by atoms with Crippen LogP contribution in [0.5, 0.6) is 0 Å². The van der Waals surface area contributed by atoms with Crippen LogP contribution in [0.25, 0.3) is 0 Å². The minimum absolute atomic E-state index is 0.164. The third-order valence-electron chi connectivity index (χ3n) is 6.86. The molecule has 2 aliphatic carbocycles. The van der Waals surface area contributed by atoms with Crippen molar-refractivity contribution in [2.75, 3.05) is 0 Å². The molecule has 2 fully saturated rings. The second-order valence-corrected chi connectivity index (χ2v) is 9.20. The molecule has 0 aromatic rings. The van der Waals surface area contributed by atoms with Crippen molar-refractivity contribution < 1.29 is 22.3 Å². The lowest BCUT2D eigenvalue weighted by atomic mass is 9.73. The fraction of sp³-hybridized carbons (Fsp3) is 1.00. The highest BCUT2D eigenvalue weighted by Crippen LogP contribution is 2.39. The Kier molecular flexibility index (Phi) is 8.89. The van der Waals surface area contributed by atoms with E-state index >= 15 is 0 Å². The lowest BCUT2D eigenvalue weighted by Gasteiger charge is -2.35. The Labute approximate surface area is 162 Å². The molecule has 2 saturated carbocycles. The second kappa shape index (κ2) is 10.5. The zero-order valence-electron chi connectivity index (χ0n) is 17.2. The van der Waals surface area contributed by atoms with Crippen LogP contribution in [-0.2, 0) is 4.74 Å². The van der Waals surface area contributed by atoms with Gasteiger partial charge in [-0.25, -0.2) is 8.78 Å². The molecule has 2 rings (SSSR count). The van der Waals surface area contributed by atoms with Gasteiger partial charge in [0.2, 0.25) is 0 Å². The molecule has 5 unspecified atom stereocenters. The molecule has 5 heteroatoms. The van der Waals surface area contributed by atoms with Gasteiger partial charge in [-0.2, -0.15) is 8.78 Å². The molecule has 0 spiro atoms. The van der Waals surface area contributed by atoms with Crippen molar-refractivity contribution in [2.24, 2.45) is 23.7 Å². The summed E-state index contributed by atoms with van der Waals surface area (Å²) in [5, 5.41) is 0. The molecular formula is C22H38F4O. The molecule has 0 radical (unpaired) electrons. The lowest BCUT2D eigenvalue weighted by molar-refractivity contribution is -0.285.